The van der Waals surface area contributed by atoms with Crippen LogP contribution in [0.1, 0.15) is 19.4 Å². The van der Waals surface area contributed by atoms with E-state index in [1.54, 1.807) is 0 Å². The molecule has 0 radical (unpaired) electrons. The summed E-state index contributed by atoms with van der Waals surface area (Å²) in [6, 6.07) is 8.70. The van der Waals surface area contributed by atoms with E-state index in [0.29, 0.717) is 23.3 Å². The predicted molar refractivity (Wildman–Crippen MR) is 64.4 cm³/mol. The van der Waals surface area contributed by atoms with Crippen molar-refractivity contribution in [3.8, 4) is 5.75 Å². The summed E-state index contributed by atoms with van der Waals surface area (Å²) in [5.41, 5.74) is 7.79. The van der Waals surface area contributed by atoms with Crippen LogP contribution >= 0.6 is 0 Å². The first-order valence-electron chi connectivity index (χ1n) is 6.07. The number of benzene rings is 1. The average Bonchev–Trinajstić information content (AvgIpc) is 2.78. The first kappa shape index (κ1) is 10.2. The number of ether oxygens (including phenoxy) is 1. The summed E-state index contributed by atoms with van der Waals surface area (Å²) >= 11 is 0. The van der Waals surface area contributed by atoms with E-state index in [1.165, 1.54) is 5.56 Å². The van der Waals surface area contributed by atoms with Gasteiger partial charge in [-0.15, -0.1) is 0 Å². The molecule has 1 fully saturated rings. The molecule has 2 aliphatic rings. The zero-order valence-corrected chi connectivity index (χ0v) is 9.94. The van der Waals surface area contributed by atoms with Crippen molar-refractivity contribution in [1.29, 1.82) is 0 Å². The molecule has 86 valence electrons. The molecule has 0 bridgehead atoms. The van der Waals surface area contributed by atoms with Gasteiger partial charge in [-0.25, -0.2) is 0 Å². The molecule has 2 nitrogen and oxygen atoms in total. The lowest BCUT2D eigenvalue weighted by atomic mass is 9.89. The Morgan fingerprint density at radius 3 is 2.69 bits per heavy atom. The third kappa shape index (κ3) is 1.36. The van der Waals surface area contributed by atoms with Crippen molar-refractivity contribution >= 4 is 0 Å². The second-order valence-corrected chi connectivity index (χ2v) is 5.76. The Balaban J connectivity index is 1.79. The van der Waals surface area contributed by atoms with Crippen LogP contribution in [0.5, 0.6) is 5.75 Å². The van der Waals surface area contributed by atoms with Crippen LogP contribution < -0.4 is 10.5 Å². The SMILES string of the molecule is CC1(C)C(N)C1C1COc2ccccc2C1. The maximum absolute atomic E-state index is 6.14. The normalized spacial score (nSPS) is 35.1. The van der Waals surface area contributed by atoms with Gasteiger partial charge in [0.15, 0.2) is 0 Å². The largest absolute Gasteiger partial charge is 0.493 e. The standard InChI is InChI=1S/C14H19NO/c1-14(2)12(13(14)15)10-7-9-5-3-4-6-11(9)16-8-10/h3-6,10,12-13H,7-8,15H2,1-2H3. The Hall–Kier alpha value is -1.02. The summed E-state index contributed by atoms with van der Waals surface area (Å²) < 4.78 is 5.82. The molecular weight excluding hydrogens is 198 g/mol. The summed E-state index contributed by atoms with van der Waals surface area (Å²) in [6.07, 6.45) is 1.12. The molecule has 0 amide bonds. The second kappa shape index (κ2) is 3.24. The average molecular weight is 217 g/mol. The maximum atomic E-state index is 6.14. The molecule has 0 saturated heterocycles. The Morgan fingerprint density at radius 1 is 1.31 bits per heavy atom. The smallest absolute Gasteiger partial charge is 0.122 e. The van der Waals surface area contributed by atoms with Crippen LogP contribution in [0.3, 0.4) is 0 Å². The van der Waals surface area contributed by atoms with E-state index in [9.17, 15) is 0 Å². The molecule has 1 aromatic rings. The van der Waals surface area contributed by atoms with E-state index in [2.05, 4.69) is 32.0 Å². The van der Waals surface area contributed by atoms with Gasteiger partial charge in [0.1, 0.15) is 5.75 Å². The minimum absolute atomic E-state index is 0.306. The van der Waals surface area contributed by atoms with Crippen molar-refractivity contribution in [1.82, 2.24) is 0 Å². The van der Waals surface area contributed by atoms with Crippen LogP contribution in [0, 0.1) is 17.3 Å². The fraction of sp³-hybridized carbons (Fsp3) is 0.571. The highest BCUT2D eigenvalue weighted by atomic mass is 16.5. The van der Waals surface area contributed by atoms with Gasteiger partial charge < -0.3 is 10.5 Å². The van der Waals surface area contributed by atoms with Crippen molar-refractivity contribution < 1.29 is 4.74 Å². The third-order valence-electron chi connectivity index (χ3n) is 4.41. The highest BCUT2D eigenvalue weighted by molar-refractivity contribution is 5.36. The Bertz CT molecular complexity index is 413. The molecule has 1 heterocycles. The van der Waals surface area contributed by atoms with Crippen LogP contribution in [0.15, 0.2) is 24.3 Å². The monoisotopic (exact) mass is 217 g/mol. The van der Waals surface area contributed by atoms with Gasteiger partial charge in [-0.1, -0.05) is 32.0 Å². The number of rotatable bonds is 1. The summed E-state index contributed by atoms with van der Waals surface area (Å²) in [5.74, 6) is 2.28. The topological polar surface area (TPSA) is 35.2 Å². The minimum atomic E-state index is 0.306. The molecule has 0 spiro atoms. The fourth-order valence-electron chi connectivity index (χ4n) is 3.20. The molecule has 1 aliphatic carbocycles. The number of hydrogen-bond donors (Lipinski definition) is 1. The molecule has 3 atom stereocenters. The molecule has 1 saturated carbocycles. The molecular formula is C14H19NO. The lowest BCUT2D eigenvalue weighted by Gasteiger charge is -2.26. The quantitative estimate of drug-likeness (QED) is 0.783. The first-order chi connectivity index (χ1) is 7.60. The number of fused-ring (bicyclic) bond motifs is 1. The van der Waals surface area contributed by atoms with E-state index in [1.807, 2.05) is 6.07 Å². The van der Waals surface area contributed by atoms with E-state index in [4.69, 9.17) is 10.5 Å². The zero-order valence-electron chi connectivity index (χ0n) is 9.94. The van der Waals surface area contributed by atoms with Crippen molar-refractivity contribution in [2.75, 3.05) is 6.61 Å². The predicted octanol–water partition coefficient (Wildman–Crippen LogP) is 2.22. The van der Waals surface area contributed by atoms with Crippen LogP contribution in [0.2, 0.25) is 0 Å². The van der Waals surface area contributed by atoms with E-state index in [0.717, 1.165) is 18.8 Å². The minimum Gasteiger partial charge on any atom is -0.493 e. The van der Waals surface area contributed by atoms with E-state index in [-0.39, 0.29) is 0 Å². The lowest BCUT2D eigenvalue weighted by molar-refractivity contribution is 0.192. The van der Waals surface area contributed by atoms with Gasteiger partial charge in [0.25, 0.3) is 0 Å². The molecule has 2 heteroatoms. The third-order valence-corrected chi connectivity index (χ3v) is 4.41. The molecule has 1 aliphatic heterocycles. The first-order valence-corrected chi connectivity index (χ1v) is 6.07. The van der Waals surface area contributed by atoms with Gasteiger partial charge in [-0.05, 0) is 29.4 Å². The fourth-order valence-corrected chi connectivity index (χ4v) is 3.20. The van der Waals surface area contributed by atoms with E-state index < -0.39 is 0 Å². The number of hydrogen-bond acceptors (Lipinski definition) is 2. The Morgan fingerprint density at radius 2 is 2.00 bits per heavy atom. The van der Waals surface area contributed by atoms with Crippen molar-refractivity contribution in [3.05, 3.63) is 29.8 Å². The van der Waals surface area contributed by atoms with Gasteiger partial charge in [-0.2, -0.15) is 0 Å². The van der Waals surface area contributed by atoms with Gasteiger partial charge in [0.05, 0.1) is 6.61 Å². The highest BCUT2D eigenvalue weighted by Crippen LogP contribution is 2.56. The molecule has 3 rings (SSSR count). The summed E-state index contributed by atoms with van der Waals surface area (Å²) in [7, 11) is 0. The van der Waals surface area contributed by atoms with Gasteiger partial charge >= 0.3 is 0 Å². The number of nitrogens with two attached hydrogens (primary N) is 1. The van der Waals surface area contributed by atoms with Crippen LogP contribution in [0.4, 0.5) is 0 Å². The molecule has 1 aromatic carbocycles. The summed E-state index contributed by atoms with van der Waals surface area (Å²) in [4.78, 5) is 0. The molecule has 2 N–H and O–H groups in total. The van der Waals surface area contributed by atoms with Crippen molar-refractivity contribution in [3.63, 3.8) is 0 Å². The molecule has 3 unspecified atom stereocenters. The van der Waals surface area contributed by atoms with Crippen LogP contribution in [-0.2, 0) is 6.42 Å². The zero-order chi connectivity index (χ0) is 11.3. The Labute approximate surface area is 96.8 Å². The lowest BCUT2D eigenvalue weighted by Crippen LogP contribution is -2.25. The molecule has 16 heavy (non-hydrogen) atoms. The van der Waals surface area contributed by atoms with Crippen LogP contribution in [0.25, 0.3) is 0 Å². The van der Waals surface area contributed by atoms with Gasteiger partial charge in [0, 0.05) is 12.0 Å². The number of para-hydroxylation sites is 1. The maximum Gasteiger partial charge on any atom is 0.122 e. The Kier molecular flexibility index (Phi) is 2.05. The van der Waals surface area contributed by atoms with E-state index >= 15 is 0 Å². The van der Waals surface area contributed by atoms with Gasteiger partial charge in [0.2, 0.25) is 0 Å². The molecule has 0 aromatic heterocycles. The van der Waals surface area contributed by atoms with Crippen molar-refractivity contribution in [2.24, 2.45) is 23.0 Å². The highest BCUT2D eigenvalue weighted by Gasteiger charge is 2.59. The summed E-state index contributed by atoms with van der Waals surface area (Å²) in [5, 5.41) is 0. The summed E-state index contributed by atoms with van der Waals surface area (Å²) in [6.45, 7) is 5.37. The second-order valence-electron chi connectivity index (χ2n) is 5.76. The van der Waals surface area contributed by atoms with Crippen LogP contribution in [-0.4, -0.2) is 12.6 Å². The van der Waals surface area contributed by atoms with Crippen molar-refractivity contribution in [2.45, 2.75) is 26.3 Å². The van der Waals surface area contributed by atoms with Gasteiger partial charge in [-0.3, -0.25) is 0 Å².